The van der Waals surface area contributed by atoms with Crippen molar-refractivity contribution in [3.63, 3.8) is 0 Å². The minimum absolute atomic E-state index is 0.164. The summed E-state index contributed by atoms with van der Waals surface area (Å²) in [6.45, 7) is 7.67. The molecular weight excluding hydrogens is 953 g/mol. The molecule has 0 aliphatic heterocycles. The van der Waals surface area contributed by atoms with Crippen LogP contribution in [0.3, 0.4) is 0 Å². The summed E-state index contributed by atoms with van der Waals surface area (Å²) in [5.41, 5.74) is 1.68. The summed E-state index contributed by atoms with van der Waals surface area (Å²) in [6.07, 6.45) is 3.87. The summed E-state index contributed by atoms with van der Waals surface area (Å²) >= 11 is 0. The third-order valence-electron chi connectivity index (χ3n) is 11.0. The molecule has 0 saturated heterocycles. The molecule has 2 aromatic rings. The number of urea groups is 1. The summed E-state index contributed by atoms with van der Waals surface area (Å²) in [4.78, 5) is 99.1. The van der Waals surface area contributed by atoms with E-state index in [2.05, 4.69) is 26.6 Å². The number of carbonyl (C=O) groups excluding carboxylic acids is 5. The Morgan fingerprint density at radius 3 is 1.41 bits per heavy atom. The number of hydrogen-bond acceptors (Lipinski definition) is 13. The zero-order valence-electron chi connectivity index (χ0n) is 42.1. The third-order valence-corrected chi connectivity index (χ3v) is 11.0. The molecule has 0 aliphatic rings. The molecule has 73 heavy (non-hydrogen) atoms. The van der Waals surface area contributed by atoms with Gasteiger partial charge in [0.25, 0.3) is 0 Å². The van der Waals surface area contributed by atoms with Crippen molar-refractivity contribution in [2.24, 2.45) is 0 Å². The van der Waals surface area contributed by atoms with Crippen molar-refractivity contribution in [3.8, 4) is 0 Å². The van der Waals surface area contributed by atoms with Crippen LogP contribution in [-0.2, 0) is 70.1 Å². The maximum atomic E-state index is 13.9. The van der Waals surface area contributed by atoms with Gasteiger partial charge in [0.2, 0.25) is 23.6 Å². The van der Waals surface area contributed by atoms with Gasteiger partial charge in [0.05, 0.1) is 52.9 Å². The van der Waals surface area contributed by atoms with Gasteiger partial charge in [-0.15, -0.1) is 0 Å². The molecule has 9 N–H and O–H groups in total. The van der Waals surface area contributed by atoms with E-state index in [1.54, 1.807) is 0 Å². The SMILES string of the molecule is CCOCCOCCOCCOCCOCCCCNC(=O)[C@H](Cc1ccccc1)NC(=O)C(Cc1ccccc1)NC(=O)CCCCCCCNC(=O)CC[C@H](NC(=O)N[C@@H](CCC(=O)O)C(=O)O)C(=O)O. The summed E-state index contributed by atoms with van der Waals surface area (Å²) in [5.74, 6) is -5.78. The zero-order chi connectivity index (χ0) is 53.3. The molecule has 0 bridgehead atoms. The number of ether oxygens (including phenoxy) is 5. The zero-order valence-corrected chi connectivity index (χ0v) is 42.1. The van der Waals surface area contributed by atoms with E-state index in [-0.39, 0.29) is 43.9 Å². The molecule has 22 nitrogen and oxygen atoms in total. The summed E-state index contributed by atoms with van der Waals surface area (Å²) < 4.78 is 27.3. The molecule has 408 valence electrons. The smallest absolute Gasteiger partial charge is 0.326 e. The summed E-state index contributed by atoms with van der Waals surface area (Å²) in [6, 6.07) is 12.6. The van der Waals surface area contributed by atoms with Crippen molar-refractivity contribution in [2.75, 3.05) is 79.2 Å². The molecule has 0 spiro atoms. The highest BCUT2D eigenvalue weighted by molar-refractivity contribution is 5.92. The Bertz CT molecular complexity index is 1900. The molecule has 2 aromatic carbocycles. The summed E-state index contributed by atoms with van der Waals surface area (Å²) in [7, 11) is 0. The number of carboxylic acid groups (broad SMARTS) is 3. The molecule has 0 aliphatic carbocycles. The second-order valence-corrected chi connectivity index (χ2v) is 16.9. The predicted octanol–water partition coefficient (Wildman–Crippen LogP) is 2.75. The largest absolute Gasteiger partial charge is 0.481 e. The highest BCUT2D eigenvalue weighted by atomic mass is 16.6. The lowest BCUT2D eigenvalue weighted by Crippen LogP contribution is -2.55. The highest BCUT2D eigenvalue weighted by Crippen LogP contribution is 2.10. The lowest BCUT2D eigenvalue weighted by Gasteiger charge is -2.24. The monoisotopic (exact) mass is 1030 g/mol. The quantitative estimate of drug-likeness (QED) is 0.0431. The van der Waals surface area contributed by atoms with Gasteiger partial charge in [-0.1, -0.05) is 79.9 Å². The second kappa shape index (κ2) is 40.3. The van der Waals surface area contributed by atoms with E-state index in [0.29, 0.717) is 111 Å². The van der Waals surface area contributed by atoms with Crippen LogP contribution in [0.15, 0.2) is 60.7 Å². The van der Waals surface area contributed by atoms with Crippen LogP contribution >= 0.6 is 0 Å². The number of rotatable bonds is 44. The van der Waals surface area contributed by atoms with Crippen LogP contribution in [0, 0.1) is 0 Å². The molecule has 1 unspecified atom stereocenters. The molecule has 2 rings (SSSR count). The molecule has 0 saturated carbocycles. The second-order valence-electron chi connectivity index (χ2n) is 16.9. The fourth-order valence-electron chi connectivity index (χ4n) is 7.02. The molecule has 0 radical (unpaired) electrons. The van der Waals surface area contributed by atoms with Gasteiger partial charge in [0.15, 0.2) is 0 Å². The fraction of sp³-hybridized carbons (Fsp3) is 0.608. The van der Waals surface area contributed by atoms with Gasteiger partial charge in [0.1, 0.15) is 24.2 Å². The first-order chi connectivity index (χ1) is 35.3. The van der Waals surface area contributed by atoms with Crippen molar-refractivity contribution in [2.45, 2.75) is 121 Å². The number of hydrogen-bond donors (Lipinski definition) is 9. The van der Waals surface area contributed by atoms with Gasteiger partial charge in [-0.3, -0.25) is 24.0 Å². The van der Waals surface area contributed by atoms with Gasteiger partial charge in [-0.05, 0) is 56.6 Å². The lowest BCUT2D eigenvalue weighted by atomic mass is 10.0. The van der Waals surface area contributed by atoms with Crippen LogP contribution in [0.5, 0.6) is 0 Å². The topological polar surface area (TPSA) is 316 Å². The molecule has 0 heterocycles. The number of carboxylic acids is 3. The van der Waals surface area contributed by atoms with E-state index in [0.717, 1.165) is 24.0 Å². The van der Waals surface area contributed by atoms with E-state index < -0.39 is 72.8 Å². The number of unbranched alkanes of at least 4 members (excludes halogenated alkanes) is 5. The maximum Gasteiger partial charge on any atom is 0.326 e. The van der Waals surface area contributed by atoms with E-state index in [1.165, 1.54) is 0 Å². The lowest BCUT2D eigenvalue weighted by molar-refractivity contribution is -0.141. The maximum absolute atomic E-state index is 13.9. The summed E-state index contributed by atoms with van der Waals surface area (Å²) in [5, 5.41) is 43.1. The van der Waals surface area contributed by atoms with Gasteiger partial charge < -0.3 is 70.9 Å². The fourth-order valence-corrected chi connectivity index (χ4v) is 7.02. The molecule has 0 aromatic heterocycles. The Balaban J connectivity index is 1.75. The Morgan fingerprint density at radius 1 is 0.438 bits per heavy atom. The van der Waals surface area contributed by atoms with E-state index >= 15 is 0 Å². The third kappa shape index (κ3) is 32.5. The predicted molar refractivity (Wildman–Crippen MR) is 267 cm³/mol. The van der Waals surface area contributed by atoms with Crippen molar-refractivity contribution in [3.05, 3.63) is 71.8 Å². The van der Waals surface area contributed by atoms with Crippen molar-refractivity contribution < 1.29 is 77.4 Å². The average Bonchev–Trinajstić information content (AvgIpc) is 3.36. The van der Waals surface area contributed by atoms with E-state index in [9.17, 15) is 48.6 Å². The van der Waals surface area contributed by atoms with Gasteiger partial charge in [-0.25, -0.2) is 14.4 Å². The molecule has 6 amide bonds. The number of carbonyl (C=O) groups is 8. The number of nitrogens with one attached hydrogen (secondary N) is 6. The Labute approximate surface area is 427 Å². The molecule has 0 fully saturated rings. The van der Waals surface area contributed by atoms with E-state index in [1.807, 2.05) is 72.9 Å². The van der Waals surface area contributed by atoms with Crippen LogP contribution < -0.4 is 31.9 Å². The average molecular weight is 1030 g/mol. The van der Waals surface area contributed by atoms with Gasteiger partial charge >= 0.3 is 23.9 Å². The van der Waals surface area contributed by atoms with Gasteiger partial charge in [-0.2, -0.15) is 0 Å². The van der Waals surface area contributed by atoms with Crippen LogP contribution in [0.25, 0.3) is 0 Å². The molecule has 4 atom stereocenters. The van der Waals surface area contributed by atoms with Crippen LogP contribution in [0.1, 0.15) is 95.1 Å². The first kappa shape index (κ1) is 62.9. The van der Waals surface area contributed by atoms with Crippen LogP contribution in [-0.4, -0.2) is 166 Å². The van der Waals surface area contributed by atoms with Crippen molar-refractivity contribution in [1.82, 2.24) is 31.9 Å². The number of aliphatic carboxylic acids is 3. The van der Waals surface area contributed by atoms with Crippen molar-refractivity contribution >= 4 is 47.6 Å². The van der Waals surface area contributed by atoms with Crippen LogP contribution in [0.2, 0.25) is 0 Å². The standard InChI is InChI=1S/C51H78N6O16/c1-2-69-28-29-71-32-33-73-35-34-72-31-30-70-27-15-14-26-53-47(62)42(36-38-16-8-6-9-17-38)55-48(63)43(37-39-18-10-7-11-19-39)54-45(59)20-12-4-3-5-13-25-52-44(58)23-21-40(49(64)65)56-51(68)57-41(50(66)67)22-24-46(60)61/h6-11,16-19,40-43H,2-5,12-15,20-37H2,1H3,(H,52,58)(H,53,62)(H,54,59)(H,55,63)(H,60,61)(H,64,65)(H,66,67)(H2,56,57,68)/t40-,41-,42-,43?/m0/s1. The van der Waals surface area contributed by atoms with Gasteiger partial charge in [0, 0.05) is 58.4 Å². The number of benzene rings is 2. The Kier molecular flexibility index (Phi) is 34.7. The normalized spacial score (nSPS) is 12.6. The van der Waals surface area contributed by atoms with Crippen molar-refractivity contribution in [1.29, 1.82) is 0 Å². The minimum Gasteiger partial charge on any atom is -0.481 e. The number of amides is 6. The highest BCUT2D eigenvalue weighted by Gasteiger charge is 2.28. The van der Waals surface area contributed by atoms with Crippen LogP contribution in [0.4, 0.5) is 4.79 Å². The first-order valence-electron chi connectivity index (χ1n) is 25.1. The van der Waals surface area contributed by atoms with E-state index in [4.69, 9.17) is 28.8 Å². The minimum atomic E-state index is -1.55. The first-order valence-corrected chi connectivity index (χ1v) is 25.1. The molecule has 22 heteroatoms. The Hall–Kier alpha value is -6.20. The Morgan fingerprint density at radius 2 is 0.890 bits per heavy atom. The molecular formula is C51H78N6O16.